The molecule has 7 heteroatoms. The summed E-state index contributed by atoms with van der Waals surface area (Å²) in [7, 11) is 3.79. The number of ether oxygens (including phenoxy) is 1. The Morgan fingerprint density at radius 2 is 1.70 bits per heavy atom. The van der Waals surface area contributed by atoms with Crippen LogP contribution in [0.2, 0.25) is 0 Å². The molecule has 0 saturated heterocycles. The molecule has 3 rings (SSSR count). The van der Waals surface area contributed by atoms with Gasteiger partial charge in [-0.2, -0.15) is 0 Å². The molecule has 0 N–H and O–H groups in total. The number of amides is 2. The lowest BCUT2D eigenvalue weighted by atomic mass is 9.91. The molecule has 2 aromatic rings. The van der Waals surface area contributed by atoms with E-state index in [0.717, 1.165) is 25.7 Å². The van der Waals surface area contributed by atoms with Crippen molar-refractivity contribution in [3.05, 3.63) is 47.0 Å². The van der Waals surface area contributed by atoms with E-state index in [9.17, 15) is 14.4 Å². The zero-order chi connectivity index (χ0) is 21.0. The third kappa shape index (κ3) is 4.82. The molecule has 1 heterocycles. The Labute approximate surface area is 183 Å². The van der Waals surface area contributed by atoms with Gasteiger partial charge >= 0.3 is 5.97 Å². The van der Waals surface area contributed by atoms with E-state index in [-0.39, 0.29) is 24.2 Å². The highest BCUT2D eigenvalue weighted by Gasteiger charge is 2.33. The van der Waals surface area contributed by atoms with Crippen LogP contribution >= 0.6 is 12.4 Å². The number of carbonyl (C=O) groups is 3. The number of hydrogen-bond donors (Lipinski definition) is 0. The molecule has 1 aliphatic heterocycles. The molecular weight excluding hydrogens is 404 g/mol. The predicted molar refractivity (Wildman–Crippen MR) is 120 cm³/mol. The molecule has 2 aromatic carbocycles. The Balaban J connectivity index is 0.00000320. The van der Waals surface area contributed by atoms with Crippen molar-refractivity contribution in [2.24, 2.45) is 0 Å². The first kappa shape index (κ1) is 23.8. The first-order chi connectivity index (χ1) is 14.0. The lowest BCUT2D eigenvalue weighted by molar-refractivity contribution is 0.0497. The number of unbranched alkanes of at least 4 members (excludes halogenated alkanes) is 3. The van der Waals surface area contributed by atoms with Gasteiger partial charge in [0, 0.05) is 29.6 Å². The molecule has 0 saturated carbocycles. The molecule has 1 aliphatic rings. The fourth-order valence-electron chi connectivity index (χ4n) is 3.60. The summed E-state index contributed by atoms with van der Waals surface area (Å²) >= 11 is 0. The summed E-state index contributed by atoms with van der Waals surface area (Å²) in [5.74, 6) is -1.06. The number of hydrogen-bond acceptors (Lipinski definition) is 5. The SMILES string of the molecule is CCCCCCOC(=O)c1ccc2c3c(cccc13)C(=O)N(CCN(C)C)C2=O.Cl. The van der Waals surface area contributed by atoms with E-state index in [1.807, 2.05) is 19.0 Å². The Bertz CT molecular complexity index is 920. The number of imide groups is 1. The van der Waals surface area contributed by atoms with Crippen LogP contribution < -0.4 is 0 Å². The van der Waals surface area contributed by atoms with E-state index in [2.05, 4.69) is 6.92 Å². The summed E-state index contributed by atoms with van der Waals surface area (Å²) < 4.78 is 5.43. The average molecular weight is 433 g/mol. The topological polar surface area (TPSA) is 66.9 Å². The molecule has 0 fully saturated rings. The Morgan fingerprint density at radius 3 is 2.37 bits per heavy atom. The minimum atomic E-state index is -0.417. The minimum Gasteiger partial charge on any atom is -0.462 e. The van der Waals surface area contributed by atoms with Crippen molar-refractivity contribution in [2.45, 2.75) is 32.6 Å². The second-order valence-corrected chi connectivity index (χ2v) is 7.65. The molecule has 2 amide bonds. The molecule has 0 radical (unpaired) electrons. The Hall–Kier alpha value is -2.44. The van der Waals surface area contributed by atoms with Crippen LogP contribution in [0.15, 0.2) is 30.3 Å². The number of benzene rings is 2. The Kier molecular flexibility index (Phi) is 8.38. The second-order valence-electron chi connectivity index (χ2n) is 7.65. The standard InChI is InChI=1S/C23H28N2O4.ClH/c1-4-5-6-7-15-29-23(28)17-11-12-19-20-16(17)9-8-10-18(20)21(26)25(22(19)27)14-13-24(2)3;/h8-12H,4-7,13-15H2,1-3H3;1H. The molecule has 162 valence electrons. The van der Waals surface area contributed by atoms with Crippen LogP contribution in [-0.4, -0.2) is 61.4 Å². The fraction of sp³-hybridized carbons (Fsp3) is 0.435. The van der Waals surface area contributed by atoms with Crippen LogP contribution in [0, 0.1) is 0 Å². The number of esters is 1. The van der Waals surface area contributed by atoms with Gasteiger partial charge in [0.15, 0.2) is 0 Å². The number of halogens is 1. The van der Waals surface area contributed by atoms with Crippen LogP contribution in [0.4, 0.5) is 0 Å². The molecular formula is C23H29ClN2O4. The van der Waals surface area contributed by atoms with Crippen molar-refractivity contribution in [3.8, 4) is 0 Å². The summed E-state index contributed by atoms with van der Waals surface area (Å²) in [6.07, 6.45) is 4.10. The normalized spacial score (nSPS) is 13.0. The van der Waals surface area contributed by atoms with Gasteiger partial charge in [0.2, 0.25) is 0 Å². The van der Waals surface area contributed by atoms with E-state index >= 15 is 0 Å². The number of likely N-dealkylation sites (N-methyl/N-ethyl adjacent to an activating group) is 1. The number of nitrogens with zero attached hydrogens (tertiary/aromatic N) is 2. The maximum atomic E-state index is 13.0. The van der Waals surface area contributed by atoms with E-state index in [0.29, 0.717) is 47.2 Å². The lowest BCUT2D eigenvalue weighted by Crippen LogP contribution is -2.43. The van der Waals surface area contributed by atoms with E-state index < -0.39 is 5.97 Å². The van der Waals surface area contributed by atoms with Gasteiger partial charge in [0.25, 0.3) is 11.8 Å². The summed E-state index contributed by atoms with van der Waals surface area (Å²) in [6, 6.07) is 8.50. The molecule has 0 atom stereocenters. The van der Waals surface area contributed by atoms with Crippen LogP contribution in [-0.2, 0) is 4.74 Å². The maximum Gasteiger partial charge on any atom is 0.338 e. The Morgan fingerprint density at radius 1 is 1.00 bits per heavy atom. The van der Waals surface area contributed by atoms with Gasteiger partial charge in [-0.15, -0.1) is 12.4 Å². The largest absolute Gasteiger partial charge is 0.462 e. The monoisotopic (exact) mass is 432 g/mol. The molecule has 6 nitrogen and oxygen atoms in total. The van der Waals surface area contributed by atoms with E-state index in [1.165, 1.54) is 4.90 Å². The lowest BCUT2D eigenvalue weighted by Gasteiger charge is -2.28. The average Bonchev–Trinajstić information content (AvgIpc) is 2.71. The van der Waals surface area contributed by atoms with Crippen molar-refractivity contribution in [1.29, 1.82) is 0 Å². The zero-order valence-electron chi connectivity index (χ0n) is 17.8. The first-order valence-corrected chi connectivity index (χ1v) is 10.2. The molecule has 0 aliphatic carbocycles. The molecule has 0 bridgehead atoms. The number of rotatable bonds is 9. The fourth-order valence-corrected chi connectivity index (χ4v) is 3.60. The summed E-state index contributed by atoms with van der Waals surface area (Å²) in [4.78, 5) is 41.7. The van der Waals surface area contributed by atoms with Crippen molar-refractivity contribution < 1.29 is 19.1 Å². The van der Waals surface area contributed by atoms with Gasteiger partial charge in [0.05, 0.1) is 12.2 Å². The van der Waals surface area contributed by atoms with Crippen LogP contribution in [0.3, 0.4) is 0 Å². The highest BCUT2D eigenvalue weighted by molar-refractivity contribution is 6.27. The highest BCUT2D eigenvalue weighted by Crippen LogP contribution is 2.32. The molecule has 0 spiro atoms. The van der Waals surface area contributed by atoms with Gasteiger partial charge in [-0.05, 0) is 44.1 Å². The van der Waals surface area contributed by atoms with E-state index in [4.69, 9.17) is 4.74 Å². The van der Waals surface area contributed by atoms with Gasteiger partial charge in [-0.1, -0.05) is 38.3 Å². The van der Waals surface area contributed by atoms with Crippen molar-refractivity contribution in [1.82, 2.24) is 9.80 Å². The first-order valence-electron chi connectivity index (χ1n) is 10.2. The zero-order valence-corrected chi connectivity index (χ0v) is 18.6. The van der Waals surface area contributed by atoms with Gasteiger partial charge in [0.1, 0.15) is 0 Å². The van der Waals surface area contributed by atoms with Crippen LogP contribution in [0.5, 0.6) is 0 Å². The number of carbonyl (C=O) groups excluding carboxylic acids is 3. The smallest absolute Gasteiger partial charge is 0.338 e. The molecule has 0 aromatic heterocycles. The quantitative estimate of drug-likeness (QED) is 0.338. The van der Waals surface area contributed by atoms with Gasteiger partial charge < -0.3 is 9.64 Å². The van der Waals surface area contributed by atoms with Crippen LogP contribution in [0.1, 0.15) is 63.7 Å². The highest BCUT2D eigenvalue weighted by atomic mass is 35.5. The van der Waals surface area contributed by atoms with Gasteiger partial charge in [-0.3, -0.25) is 14.5 Å². The minimum absolute atomic E-state index is 0. The molecule has 30 heavy (non-hydrogen) atoms. The molecule has 0 unspecified atom stereocenters. The van der Waals surface area contributed by atoms with Gasteiger partial charge in [-0.25, -0.2) is 4.79 Å². The maximum absolute atomic E-state index is 13.0. The van der Waals surface area contributed by atoms with E-state index in [1.54, 1.807) is 30.3 Å². The second kappa shape index (κ2) is 10.5. The van der Waals surface area contributed by atoms with Crippen LogP contribution in [0.25, 0.3) is 10.8 Å². The van der Waals surface area contributed by atoms with Crippen molar-refractivity contribution in [2.75, 3.05) is 33.8 Å². The third-order valence-corrected chi connectivity index (χ3v) is 5.21. The summed E-state index contributed by atoms with van der Waals surface area (Å²) in [5, 5.41) is 1.14. The van der Waals surface area contributed by atoms with Crippen molar-refractivity contribution in [3.63, 3.8) is 0 Å². The van der Waals surface area contributed by atoms with Crippen molar-refractivity contribution >= 4 is 41.0 Å². The predicted octanol–water partition coefficient (Wildman–Crippen LogP) is 4.16. The summed E-state index contributed by atoms with van der Waals surface area (Å²) in [6.45, 7) is 3.41. The third-order valence-electron chi connectivity index (χ3n) is 5.21. The summed E-state index contributed by atoms with van der Waals surface area (Å²) in [5.41, 5.74) is 1.30.